The highest BCUT2D eigenvalue weighted by Gasteiger charge is 2.15. The van der Waals surface area contributed by atoms with Crippen LogP contribution in [0.25, 0.3) is 10.4 Å². The first-order valence-electron chi connectivity index (χ1n) is 7.79. The number of anilines is 1. The second kappa shape index (κ2) is 6.49. The summed E-state index contributed by atoms with van der Waals surface area (Å²) in [5.41, 5.74) is 1.53. The van der Waals surface area contributed by atoms with Gasteiger partial charge in [0.2, 0.25) is 0 Å². The molecule has 0 spiro atoms. The molecule has 1 amide bonds. The second-order valence-corrected chi connectivity index (χ2v) is 6.61. The molecule has 126 valence electrons. The third-order valence-corrected chi connectivity index (χ3v) is 4.89. The van der Waals surface area contributed by atoms with Gasteiger partial charge in [-0.2, -0.15) is 0 Å². The molecule has 2 N–H and O–H groups in total. The van der Waals surface area contributed by atoms with Gasteiger partial charge in [0.25, 0.3) is 5.91 Å². The van der Waals surface area contributed by atoms with Crippen molar-refractivity contribution in [3.05, 3.63) is 59.5 Å². The summed E-state index contributed by atoms with van der Waals surface area (Å²) in [5, 5.41) is 12.3. The predicted octanol–water partition coefficient (Wildman–Crippen LogP) is 4.14. The number of thiophene rings is 1. The van der Waals surface area contributed by atoms with Crippen molar-refractivity contribution in [3.8, 4) is 27.7 Å². The monoisotopic (exact) mass is 353 g/mol. The Morgan fingerprint density at radius 3 is 2.68 bits per heavy atom. The summed E-state index contributed by atoms with van der Waals surface area (Å²) in [4.78, 5) is 13.9. The lowest BCUT2D eigenvalue weighted by atomic mass is 10.1. The molecule has 5 nitrogen and oxygen atoms in total. The van der Waals surface area contributed by atoms with Gasteiger partial charge in [0, 0.05) is 16.6 Å². The predicted molar refractivity (Wildman–Crippen MR) is 96.8 cm³/mol. The number of carbonyl (C=O) groups is 1. The molecule has 0 fully saturated rings. The van der Waals surface area contributed by atoms with E-state index in [0.29, 0.717) is 23.8 Å². The molecule has 4 rings (SSSR count). The van der Waals surface area contributed by atoms with Gasteiger partial charge in [0.1, 0.15) is 19.0 Å². The van der Waals surface area contributed by atoms with Crippen LogP contribution in [0.5, 0.6) is 17.2 Å². The molecule has 1 aliphatic rings. The van der Waals surface area contributed by atoms with Crippen LogP contribution in [0.2, 0.25) is 0 Å². The van der Waals surface area contributed by atoms with E-state index in [1.54, 1.807) is 24.3 Å². The maximum atomic E-state index is 12.4. The summed E-state index contributed by atoms with van der Waals surface area (Å²) in [6, 6.07) is 15.9. The second-order valence-electron chi connectivity index (χ2n) is 5.53. The Morgan fingerprint density at radius 1 is 1.00 bits per heavy atom. The molecule has 0 saturated heterocycles. The molecule has 0 unspecified atom stereocenters. The number of fused-ring (bicyclic) bond motifs is 1. The van der Waals surface area contributed by atoms with Crippen LogP contribution in [-0.4, -0.2) is 24.2 Å². The first-order valence-corrected chi connectivity index (χ1v) is 8.61. The fourth-order valence-corrected chi connectivity index (χ4v) is 3.49. The number of amides is 1. The fraction of sp³-hybridized carbons (Fsp3) is 0.105. The van der Waals surface area contributed by atoms with E-state index in [1.807, 2.05) is 24.3 Å². The first-order chi connectivity index (χ1) is 12.2. The van der Waals surface area contributed by atoms with Gasteiger partial charge in [-0.25, -0.2) is 0 Å². The maximum Gasteiger partial charge on any atom is 0.265 e. The Hall–Kier alpha value is -2.99. The lowest BCUT2D eigenvalue weighted by molar-refractivity contribution is 0.103. The minimum Gasteiger partial charge on any atom is -0.508 e. The normalized spacial score (nSPS) is 12.6. The van der Waals surface area contributed by atoms with E-state index in [9.17, 15) is 9.90 Å². The minimum absolute atomic E-state index is 0.112. The van der Waals surface area contributed by atoms with Crippen LogP contribution in [0.3, 0.4) is 0 Å². The van der Waals surface area contributed by atoms with Crippen molar-refractivity contribution < 1.29 is 19.4 Å². The van der Waals surface area contributed by atoms with Crippen molar-refractivity contribution in [1.29, 1.82) is 0 Å². The van der Waals surface area contributed by atoms with E-state index in [1.165, 1.54) is 17.4 Å². The number of phenols is 1. The Morgan fingerprint density at radius 2 is 1.84 bits per heavy atom. The van der Waals surface area contributed by atoms with Crippen LogP contribution in [0.4, 0.5) is 5.69 Å². The van der Waals surface area contributed by atoms with E-state index < -0.39 is 0 Å². The van der Waals surface area contributed by atoms with E-state index in [4.69, 9.17) is 9.47 Å². The lowest BCUT2D eigenvalue weighted by Crippen LogP contribution is -2.15. The van der Waals surface area contributed by atoms with Gasteiger partial charge >= 0.3 is 0 Å². The Kier molecular flexibility index (Phi) is 4.03. The quantitative estimate of drug-likeness (QED) is 0.742. The van der Waals surface area contributed by atoms with Crippen molar-refractivity contribution in [2.45, 2.75) is 0 Å². The summed E-state index contributed by atoms with van der Waals surface area (Å²) in [7, 11) is 0. The highest BCUT2D eigenvalue weighted by Crippen LogP contribution is 2.37. The molecule has 2 heterocycles. The topological polar surface area (TPSA) is 67.8 Å². The molecular weight excluding hydrogens is 338 g/mol. The van der Waals surface area contributed by atoms with Crippen molar-refractivity contribution in [2.24, 2.45) is 0 Å². The summed E-state index contributed by atoms with van der Waals surface area (Å²) >= 11 is 1.40. The first kappa shape index (κ1) is 15.5. The van der Waals surface area contributed by atoms with Crippen LogP contribution in [0.15, 0.2) is 54.6 Å². The number of benzene rings is 2. The largest absolute Gasteiger partial charge is 0.508 e. The zero-order chi connectivity index (χ0) is 17.2. The smallest absolute Gasteiger partial charge is 0.265 e. The molecular formula is C19H15NO4S. The van der Waals surface area contributed by atoms with Crippen LogP contribution in [0, 0.1) is 0 Å². The number of hydrogen-bond acceptors (Lipinski definition) is 5. The number of hydrogen-bond donors (Lipinski definition) is 2. The minimum atomic E-state index is -0.209. The fourth-order valence-electron chi connectivity index (χ4n) is 2.59. The molecule has 6 heteroatoms. The van der Waals surface area contributed by atoms with Gasteiger partial charge in [0.15, 0.2) is 11.5 Å². The van der Waals surface area contributed by atoms with Crippen LogP contribution in [-0.2, 0) is 0 Å². The van der Waals surface area contributed by atoms with Crippen LogP contribution < -0.4 is 14.8 Å². The van der Waals surface area contributed by atoms with Gasteiger partial charge < -0.3 is 19.9 Å². The Balaban J connectivity index is 1.54. The Labute approximate surface area is 148 Å². The third-order valence-electron chi connectivity index (χ3n) is 3.76. The summed E-state index contributed by atoms with van der Waals surface area (Å²) in [5.74, 6) is 1.37. The van der Waals surface area contributed by atoms with Crippen LogP contribution >= 0.6 is 11.3 Å². The van der Waals surface area contributed by atoms with Gasteiger partial charge in [-0.3, -0.25) is 4.79 Å². The zero-order valence-corrected chi connectivity index (χ0v) is 14.0. The maximum absolute atomic E-state index is 12.4. The molecule has 2 aromatic carbocycles. The molecule has 0 bridgehead atoms. The van der Waals surface area contributed by atoms with Gasteiger partial charge in [-0.05, 0) is 48.0 Å². The number of nitrogens with one attached hydrogen (secondary N) is 1. The number of phenolic OH excluding ortho intramolecular Hbond substituents is 1. The summed E-state index contributed by atoms with van der Waals surface area (Å²) < 4.78 is 11.1. The highest BCUT2D eigenvalue weighted by molar-refractivity contribution is 7.17. The number of rotatable bonds is 3. The SMILES string of the molecule is O=C(Nc1cccc(O)c1)c1ccc(-c2ccc3c(c2)OCCO3)s1. The standard InChI is InChI=1S/C19H15NO4S/c21-14-3-1-2-13(11-14)20-19(22)18-7-6-17(25-18)12-4-5-15-16(10-12)24-9-8-23-15/h1-7,10-11,21H,8-9H2,(H,20,22). The molecule has 1 aliphatic heterocycles. The number of aromatic hydroxyl groups is 1. The van der Waals surface area contributed by atoms with Crippen molar-refractivity contribution in [2.75, 3.05) is 18.5 Å². The van der Waals surface area contributed by atoms with E-state index >= 15 is 0 Å². The molecule has 3 aromatic rings. The summed E-state index contributed by atoms with van der Waals surface area (Å²) in [6.07, 6.45) is 0. The number of carbonyl (C=O) groups excluding carboxylic acids is 1. The zero-order valence-electron chi connectivity index (χ0n) is 13.2. The van der Waals surface area contributed by atoms with E-state index in [-0.39, 0.29) is 11.7 Å². The molecule has 0 atom stereocenters. The van der Waals surface area contributed by atoms with Gasteiger partial charge in [-0.1, -0.05) is 6.07 Å². The van der Waals surface area contributed by atoms with E-state index in [2.05, 4.69) is 5.32 Å². The highest BCUT2D eigenvalue weighted by atomic mass is 32.1. The van der Waals surface area contributed by atoms with Crippen molar-refractivity contribution in [1.82, 2.24) is 0 Å². The number of ether oxygens (including phenoxy) is 2. The molecule has 0 saturated carbocycles. The molecule has 25 heavy (non-hydrogen) atoms. The van der Waals surface area contributed by atoms with Gasteiger partial charge in [0.05, 0.1) is 4.88 Å². The van der Waals surface area contributed by atoms with Gasteiger partial charge in [-0.15, -0.1) is 11.3 Å². The van der Waals surface area contributed by atoms with E-state index in [0.717, 1.165) is 21.9 Å². The molecule has 0 radical (unpaired) electrons. The molecule has 0 aliphatic carbocycles. The average molecular weight is 353 g/mol. The molecule has 1 aromatic heterocycles. The third kappa shape index (κ3) is 3.29. The summed E-state index contributed by atoms with van der Waals surface area (Å²) in [6.45, 7) is 1.10. The van der Waals surface area contributed by atoms with Crippen molar-refractivity contribution in [3.63, 3.8) is 0 Å². The average Bonchev–Trinajstić information content (AvgIpc) is 3.12. The van der Waals surface area contributed by atoms with Crippen molar-refractivity contribution >= 4 is 22.9 Å². The lowest BCUT2D eigenvalue weighted by Gasteiger charge is -2.18. The Bertz CT molecular complexity index is 935. The van der Waals surface area contributed by atoms with Crippen LogP contribution in [0.1, 0.15) is 9.67 Å².